The number of rotatable bonds is 4. The summed E-state index contributed by atoms with van der Waals surface area (Å²) >= 11 is 1.48. The summed E-state index contributed by atoms with van der Waals surface area (Å²) in [5.41, 5.74) is 4.07. The maximum atomic E-state index is 13.5. The van der Waals surface area contributed by atoms with Crippen LogP contribution in [0.15, 0.2) is 47.5 Å². The summed E-state index contributed by atoms with van der Waals surface area (Å²) in [6.07, 6.45) is 5.76. The number of nitrogens with zero attached hydrogens (tertiary/aromatic N) is 5. The first-order chi connectivity index (χ1) is 15.4. The summed E-state index contributed by atoms with van der Waals surface area (Å²) in [5.74, 6) is -0.252. The number of hydrogen-bond acceptors (Lipinski definition) is 5. The lowest BCUT2D eigenvalue weighted by Crippen LogP contribution is -2.35. The van der Waals surface area contributed by atoms with E-state index in [4.69, 9.17) is 0 Å². The van der Waals surface area contributed by atoms with Gasteiger partial charge in [-0.05, 0) is 32.3 Å². The summed E-state index contributed by atoms with van der Waals surface area (Å²) < 4.78 is 3.37. The summed E-state index contributed by atoms with van der Waals surface area (Å²) in [4.78, 5) is 34.6. The monoisotopic (exact) mass is 447 g/mol. The van der Waals surface area contributed by atoms with Gasteiger partial charge in [0.15, 0.2) is 4.96 Å². The van der Waals surface area contributed by atoms with Gasteiger partial charge in [-0.25, -0.2) is 4.98 Å². The highest BCUT2D eigenvalue weighted by Crippen LogP contribution is 2.36. The standard InChI is InChI=1S/C24H25N5O2S/c1-15-21(16(2)27(3)26-15)20-10-7-11-28(20)22(30)19-13-25-24-29(23(19)31)14-18(32-24)12-17-8-5-4-6-9-17/h4-6,8-9,13-14,20H,7,10-12H2,1-3H3. The quantitative estimate of drug-likeness (QED) is 0.479. The molecule has 1 unspecified atom stereocenters. The molecular weight excluding hydrogens is 422 g/mol. The lowest BCUT2D eigenvalue weighted by Gasteiger charge is -2.25. The average molecular weight is 448 g/mol. The third-order valence-corrected chi connectivity index (χ3v) is 7.31. The van der Waals surface area contributed by atoms with Crippen LogP contribution in [0.3, 0.4) is 0 Å². The lowest BCUT2D eigenvalue weighted by molar-refractivity contribution is 0.0732. The predicted molar refractivity (Wildman–Crippen MR) is 124 cm³/mol. The fraction of sp³-hybridized carbons (Fsp3) is 0.333. The molecule has 4 heterocycles. The van der Waals surface area contributed by atoms with E-state index in [0.717, 1.165) is 41.1 Å². The second kappa shape index (κ2) is 8.02. The Bertz CT molecular complexity index is 1370. The fourth-order valence-corrected chi connectivity index (χ4v) is 5.66. The molecule has 0 spiro atoms. The van der Waals surface area contributed by atoms with E-state index in [1.165, 1.54) is 27.5 Å². The van der Waals surface area contributed by atoms with Crippen LogP contribution in [0.4, 0.5) is 0 Å². The minimum atomic E-state index is -0.305. The molecule has 8 heteroatoms. The van der Waals surface area contributed by atoms with Crippen LogP contribution in [0.1, 0.15) is 56.6 Å². The Morgan fingerprint density at radius 3 is 2.72 bits per heavy atom. The van der Waals surface area contributed by atoms with Crippen LogP contribution >= 0.6 is 11.3 Å². The van der Waals surface area contributed by atoms with Crippen molar-refractivity contribution in [3.8, 4) is 0 Å². The third kappa shape index (κ3) is 3.44. The average Bonchev–Trinajstić information content (AvgIpc) is 3.47. The Morgan fingerprint density at radius 1 is 1.22 bits per heavy atom. The number of aryl methyl sites for hydroxylation is 2. The molecule has 1 saturated heterocycles. The van der Waals surface area contributed by atoms with Gasteiger partial charge in [-0.15, -0.1) is 11.3 Å². The molecule has 3 aromatic heterocycles. The zero-order valence-corrected chi connectivity index (χ0v) is 19.2. The third-order valence-electron chi connectivity index (χ3n) is 6.32. The van der Waals surface area contributed by atoms with Crippen LogP contribution in [0, 0.1) is 13.8 Å². The molecule has 1 aliphatic heterocycles. The Hall–Kier alpha value is -3.26. The molecule has 1 amide bonds. The molecule has 4 aromatic rings. The van der Waals surface area contributed by atoms with Crippen molar-refractivity contribution in [1.82, 2.24) is 24.1 Å². The molecule has 1 atom stereocenters. The molecule has 1 aliphatic rings. The fourth-order valence-electron chi connectivity index (χ4n) is 4.69. The number of carbonyl (C=O) groups is 1. The van der Waals surface area contributed by atoms with Crippen LogP contribution in [0.5, 0.6) is 0 Å². The summed E-state index contributed by atoms with van der Waals surface area (Å²) in [6, 6.07) is 10.0. The smallest absolute Gasteiger partial charge is 0.271 e. The van der Waals surface area contributed by atoms with Gasteiger partial charge in [0.2, 0.25) is 0 Å². The van der Waals surface area contributed by atoms with E-state index in [1.807, 2.05) is 54.9 Å². The first-order valence-electron chi connectivity index (χ1n) is 10.8. The molecule has 7 nitrogen and oxygen atoms in total. The van der Waals surface area contributed by atoms with Gasteiger partial charge in [0.25, 0.3) is 11.5 Å². The molecular formula is C24H25N5O2S. The van der Waals surface area contributed by atoms with Crippen molar-refractivity contribution in [3.05, 3.63) is 86.0 Å². The first-order valence-corrected chi connectivity index (χ1v) is 11.6. The SMILES string of the molecule is Cc1nn(C)c(C)c1C1CCCN1C(=O)c1cnc2sc(Cc3ccccc3)cn2c1=O. The van der Waals surface area contributed by atoms with Gasteiger partial charge in [-0.2, -0.15) is 5.10 Å². The van der Waals surface area contributed by atoms with E-state index in [9.17, 15) is 9.59 Å². The highest BCUT2D eigenvalue weighted by Gasteiger charge is 2.35. The molecule has 1 aromatic carbocycles. The number of thiazole rings is 1. The largest absolute Gasteiger partial charge is 0.331 e. The number of fused-ring (bicyclic) bond motifs is 1. The normalized spacial score (nSPS) is 16.2. The van der Waals surface area contributed by atoms with Crippen molar-refractivity contribution in [2.45, 2.75) is 39.2 Å². The van der Waals surface area contributed by atoms with Gasteiger partial charge in [-0.3, -0.25) is 18.7 Å². The van der Waals surface area contributed by atoms with Gasteiger partial charge in [-0.1, -0.05) is 30.3 Å². The number of aromatic nitrogens is 4. The van der Waals surface area contributed by atoms with Gasteiger partial charge in [0.1, 0.15) is 5.56 Å². The molecule has 0 bridgehead atoms. The molecule has 0 aliphatic carbocycles. The van der Waals surface area contributed by atoms with E-state index in [2.05, 4.69) is 22.2 Å². The second-order valence-corrected chi connectivity index (χ2v) is 9.45. The number of carbonyl (C=O) groups excluding carboxylic acids is 1. The molecule has 0 radical (unpaired) electrons. The first kappa shape index (κ1) is 20.6. The van der Waals surface area contributed by atoms with Gasteiger partial charge >= 0.3 is 0 Å². The van der Waals surface area contributed by atoms with Crippen molar-refractivity contribution in [2.24, 2.45) is 7.05 Å². The highest BCUT2D eigenvalue weighted by atomic mass is 32.1. The Kier molecular flexibility index (Phi) is 5.17. The van der Waals surface area contributed by atoms with Crippen molar-refractivity contribution in [1.29, 1.82) is 0 Å². The van der Waals surface area contributed by atoms with Crippen LogP contribution in [0.2, 0.25) is 0 Å². The van der Waals surface area contributed by atoms with E-state index < -0.39 is 0 Å². The zero-order chi connectivity index (χ0) is 22.4. The molecule has 164 valence electrons. The number of hydrogen-bond donors (Lipinski definition) is 0. The molecule has 1 fully saturated rings. The Balaban J connectivity index is 1.48. The van der Waals surface area contributed by atoms with E-state index >= 15 is 0 Å². The highest BCUT2D eigenvalue weighted by molar-refractivity contribution is 7.17. The van der Waals surface area contributed by atoms with Crippen molar-refractivity contribution in [2.75, 3.05) is 6.54 Å². The number of benzene rings is 1. The van der Waals surface area contributed by atoms with Gasteiger partial charge in [0, 0.05) is 48.5 Å². The maximum Gasteiger partial charge on any atom is 0.271 e. The van der Waals surface area contributed by atoms with Gasteiger partial charge < -0.3 is 4.90 Å². The van der Waals surface area contributed by atoms with Crippen LogP contribution < -0.4 is 5.56 Å². The van der Waals surface area contributed by atoms with Crippen molar-refractivity contribution in [3.63, 3.8) is 0 Å². The topological polar surface area (TPSA) is 72.5 Å². The number of amides is 1. The minimum Gasteiger partial charge on any atom is -0.331 e. The maximum absolute atomic E-state index is 13.5. The Morgan fingerprint density at radius 2 is 2.00 bits per heavy atom. The molecule has 0 N–H and O–H groups in total. The summed E-state index contributed by atoms with van der Waals surface area (Å²) in [5, 5.41) is 4.52. The van der Waals surface area contributed by atoms with Crippen molar-refractivity contribution < 1.29 is 4.79 Å². The van der Waals surface area contributed by atoms with E-state index in [1.54, 1.807) is 0 Å². The predicted octanol–water partition coefficient (Wildman–Crippen LogP) is 3.67. The zero-order valence-electron chi connectivity index (χ0n) is 18.4. The lowest BCUT2D eigenvalue weighted by atomic mass is 10.0. The molecule has 0 saturated carbocycles. The summed E-state index contributed by atoms with van der Waals surface area (Å²) in [7, 11) is 1.92. The van der Waals surface area contributed by atoms with Crippen LogP contribution in [0.25, 0.3) is 4.96 Å². The number of likely N-dealkylation sites (tertiary alicyclic amines) is 1. The minimum absolute atomic E-state index is 0.0626. The van der Waals surface area contributed by atoms with E-state index in [-0.39, 0.29) is 23.1 Å². The van der Waals surface area contributed by atoms with Crippen LogP contribution in [-0.4, -0.2) is 36.5 Å². The van der Waals surface area contributed by atoms with Crippen molar-refractivity contribution >= 4 is 22.2 Å². The van der Waals surface area contributed by atoms with Gasteiger partial charge in [0.05, 0.1) is 11.7 Å². The van der Waals surface area contributed by atoms with Crippen LogP contribution in [-0.2, 0) is 13.5 Å². The molecule has 5 rings (SSSR count). The molecule has 32 heavy (non-hydrogen) atoms. The Labute approximate surface area is 190 Å². The second-order valence-electron chi connectivity index (χ2n) is 8.35. The summed E-state index contributed by atoms with van der Waals surface area (Å²) in [6.45, 7) is 4.63. The van der Waals surface area contributed by atoms with E-state index in [0.29, 0.717) is 11.5 Å².